The number of rotatable bonds is 7. The number of nitrogens with one attached hydrogen (secondary N) is 1. The van der Waals surface area contributed by atoms with E-state index in [-0.39, 0.29) is 30.3 Å². The fourth-order valence-electron chi connectivity index (χ4n) is 4.66. The Morgan fingerprint density at radius 2 is 1.85 bits per heavy atom. The zero-order valence-corrected chi connectivity index (χ0v) is 18.8. The summed E-state index contributed by atoms with van der Waals surface area (Å²) in [5.74, 6) is 0.243. The summed E-state index contributed by atoms with van der Waals surface area (Å²) in [4.78, 5) is 42.1. The summed E-state index contributed by atoms with van der Waals surface area (Å²) in [7, 11) is 1.72. The summed E-state index contributed by atoms with van der Waals surface area (Å²) >= 11 is 0. The van der Waals surface area contributed by atoms with Gasteiger partial charge in [0.15, 0.2) is 0 Å². The van der Waals surface area contributed by atoms with Crippen molar-refractivity contribution in [2.24, 2.45) is 0 Å². The second-order valence-electron chi connectivity index (χ2n) is 8.75. The van der Waals surface area contributed by atoms with Crippen molar-refractivity contribution < 1.29 is 18.8 Å². The van der Waals surface area contributed by atoms with Crippen LogP contribution >= 0.6 is 0 Å². The maximum absolute atomic E-state index is 13.1. The molecule has 5 rings (SSSR count). The topological polar surface area (TPSA) is 82.9 Å². The zero-order chi connectivity index (χ0) is 23.1. The molecule has 7 nitrogen and oxygen atoms in total. The maximum atomic E-state index is 13.1. The third-order valence-electron chi connectivity index (χ3n) is 6.53. The molecule has 0 radical (unpaired) electrons. The predicted molar refractivity (Wildman–Crippen MR) is 123 cm³/mol. The molecule has 1 aromatic heterocycles. The fourth-order valence-corrected chi connectivity index (χ4v) is 4.66. The number of benzene rings is 2. The van der Waals surface area contributed by atoms with E-state index >= 15 is 0 Å². The molecule has 3 aromatic rings. The summed E-state index contributed by atoms with van der Waals surface area (Å²) in [5, 5.41) is 3.78. The van der Waals surface area contributed by atoms with E-state index in [9.17, 15) is 14.4 Å². The van der Waals surface area contributed by atoms with E-state index in [0.29, 0.717) is 17.7 Å². The Balaban J connectivity index is 1.27. The molecule has 2 heterocycles. The minimum atomic E-state index is -0.677. The quantitative estimate of drug-likeness (QED) is 0.604. The van der Waals surface area contributed by atoms with Crippen molar-refractivity contribution in [1.82, 2.24) is 15.1 Å². The van der Waals surface area contributed by atoms with E-state index in [1.807, 2.05) is 49.4 Å². The molecule has 1 atom stereocenters. The van der Waals surface area contributed by atoms with Crippen LogP contribution in [0.25, 0.3) is 11.0 Å². The van der Waals surface area contributed by atoms with Gasteiger partial charge in [0.1, 0.15) is 17.4 Å². The summed E-state index contributed by atoms with van der Waals surface area (Å²) in [6.07, 6.45) is 2.54. The second kappa shape index (κ2) is 8.39. The van der Waals surface area contributed by atoms with E-state index in [4.69, 9.17) is 4.42 Å². The number of aryl methyl sites for hydroxylation is 1. The molecular formula is C26H27N3O4. The lowest BCUT2D eigenvalue weighted by Gasteiger charge is -2.25. The standard InChI is InChI=1S/C26H27N3O4/c1-3-21-20(17-8-6-7-11-22(17)33-21)15-28(2)23(30)14-27-25(31)24-18-9-4-5-10-19(18)26(32)29(24)16-12-13-16/h4-11,16,24H,3,12-15H2,1-2H3,(H,27,31). The van der Waals surface area contributed by atoms with Crippen molar-refractivity contribution in [3.05, 3.63) is 71.0 Å². The molecule has 1 aliphatic heterocycles. The molecule has 1 N–H and O–H groups in total. The Kier molecular flexibility index (Phi) is 5.40. The van der Waals surface area contributed by atoms with Crippen LogP contribution < -0.4 is 5.32 Å². The number of para-hydroxylation sites is 1. The molecule has 0 saturated heterocycles. The first kappa shape index (κ1) is 21.2. The number of carbonyl (C=O) groups is 3. The number of hydrogen-bond acceptors (Lipinski definition) is 4. The molecule has 33 heavy (non-hydrogen) atoms. The Morgan fingerprint density at radius 3 is 2.61 bits per heavy atom. The first-order chi connectivity index (χ1) is 16.0. The average molecular weight is 446 g/mol. The van der Waals surface area contributed by atoms with Gasteiger partial charge in [-0.1, -0.05) is 43.3 Å². The summed E-state index contributed by atoms with van der Waals surface area (Å²) < 4.78 is 5.93. The second-order valence-corrected chi connectivity index (χ2v) is 8.75. The number of furan rings is 1. The lowest BCUT2D eigenvalue weighted by molar-refractivity contribution is -0.133. The lowest BCUT2D eigenvalue weighted by atomic mass is 10.0. The zero-order valence-electron chi connectivity index (χ0n) is 18.8. The van der Waals surface area contributed by atoms with Gasteiger partial charge in [0.05, 0.1) is 6.54 Å². The van der Waals surface area contributed by atoms with Gasteiger partial charge in [-0.25, -0.2) is 0 Å². The van der Waals surface area contributed by atoms with Crippen molar-refractivity contribution in [3.63, 3.8) is 0 Å². The summed E-state index contributed by atoms with van der Waals surface area (Å²) in [5.41, 5.74) is 3.09. The third kappa shape index (κ3) is 3.77. The lowest BCUT2D eigenvalue weighted by Crippen LogP contribution is -2.44. The summed E-state index contributed by atoms with van der Waals surface area (Å²) in [6, 6.07) is 14.5. The van der Waals surface area contributed by atoms with Crippen LogP contribution in [-0.4, -0.2) is 47.2 Å². The van der Waals surface area contributed by atoms with Crippen LogP contribution in [0, 0.1) is 0 Å². The highest BCUT2D eigenvalue weighted by Gasteiger charge is 2.47. The maximum Gasteiger partial charge on any atom is 0.255 e. The van der Waals surface area contributed by atoms with Gasteiger partial charge in [0, 0.05) is 42.6 Å². The van der Waals surface area contributed by atoms with Crippen LogP contribution in [0.3, 0.4) is 0 Å². The Bertz CT molecular complexity index is 1240. The first-order valence-corrected chi connectivity index (χ1v) is 11.4. The minimum Gasteiger partial charge on any atom is -0.461 e. The van der Waals surface area contributed by atoms with Crippen molar-refractivity contribution in [3.8, 4) is 0 Å². The Labute approximate surface area is 192 Å². The van der Waals surface area contributed by atoms with Crippen molar-refractivity contribution >= 4 is 28.7 Å². The number of amides is 3. The van der Waals surface area contributed by atoms with E-state index in [1.54, 1.807) is 22.9 Å². The van der Waals surface area contributed by atoms with Gasteiger partial charge in [0.25, 0.3) is 5.91 Å². The average Bonchev–Trinajstić information content (AvgIpc) is 3.55. The number of likely N-dealkylation sites (N-methyl/N-ethyl adjacent to an activating group) is 1. The van der Waals surface area contributed by atoms with Crippen LogP contribution in [0.5, 0.6) is 0 Å². The van der Waals surface area contributed by atoms with E-state index in [1.165, 1.54) is 0 Å². The Morgan fingerprint density at radius 1 is 1.12 bits per heavy atom. The van der Waals surface area contributed by atoms with Gasteiger partial charge in [-0.15, -0.1) is 0 Å². The number of nitrogens with zero attached hydrogens (tertiary/aromatic N) is 2. The van der Waals surface area contributed by atoms with Crippen molar-refractivity contribution in [1.29, 1.82) is 0 Å². The minimum absolute atomic E-state index is 0.0980. The molecule has 0 spiro atoms. The highest BCUT2D eigenvalue weighted by atomic mass is 16.3. The molecule has 3 amide bonds. The monoisotopic (exact) mass is 445 g/mol. The molecule has 2 aliphatic rings. The van der Waals surface area contributed by atoms with E-state index in [2.05, 4.69) is 5.32 Å². The summed E-state index contributed by atoms with van der Waals surface area (Å²) in [6.45, 7) is 2.29. The van der Waals surface area contributed by atoms with Crippen LogP contribution in [-0.2, 0) is 22.6 Å². The van der Waals surface area contributed by atoms with Gasteiger partial charge in [-0.3, -0.25) is 14.4 Å². The molecule has 1 aliphatic carbocycles. The number of hydrogen-bond donors (Lipinski definition) is 1. The highest BCUT2D eigenvalue weighted by Crippen LogP contribution is 2.41. The van der Waals surface area contributed by atoms with Crippen LogP contribution in [0.15, 0.2) is 52.9 Å². The SMILES string of the molecule is CCc1oc2ccccc2c1CN(C)C(=O)CNC(=O)C1c2ccccc2C(=O)N1C1CC1. The van der Waals surface area contributed by atoms with Crippen LogP contribution in [0.1, 0.15) is 53.1 Å². The molecule has 1 unspecified atom stereocenters. The van der Waals surface area contributed by atoms with Gasteiger partial charge in [-0.2, -0.15) is 0 Å². The van der Waals surface area contributed by atoms with Gasteiger partial charge in [0.2, 0.25) is 11.8 Å². The molecule has 2 aromatic carbocycles. The van der Waals surface area contributed by atoms with Crippen LogP contribution in [0.4, 0.5) is 0 Å². The smallest absolute Gasteiger partial charge is 0.255 e. The predicted octanol–water partition coefficient (Wildman–Crippen LogP) is 3.43. The normalized spacial score (nSPS) is 17.3. The van der Waals surface area contributed by atoms with Crippen molar-refractivity contribution in [2.45, 2.75) is 44.8 Å². The van der Waals surface area contributed by atoms with Gasteiger partial charge >= 0.3 is 0 Å². The number of carbonyl (C=O) groups excluding carboxylic acids is 3. The first-order valence-electron chi connectivity index (χ1n) is 11.4. The van der Waals surface area contributed by atoms with Gasteiger partial charge in [-0.05, 0) is 30.5 Å². The molecule has 7 heteroatoms. The third-order valence-corrected chi connectivity index (χ3v) is 6.53. The molecular weight excluding hydrogens is 418 g/mol. The molecule has 0 bridgehead atoms. The van der Waals surface area contributed by atoms with Gasteiger partial charge < -0.3 is 19.5 Å². The fraction of sp³-hybridized carbons (Fsp3) is 0.346. The largest absolute Gasteiger partial charge is 0.461 e. The van der Waals surface area contributed by atoms with Crippen molar-refractivity contribution in [2.75, 3.05) is 13.6 Å². The Hall–Kier alpha value is -3.61. The highest BCUT2D eigenvalue weighted by molar-refractivity contribution is 6.05. The van der Waals surface area contributed by atoms with E-state index in [0.717, 1.165) is 41.6 Å². The number of fused-ring (bicyclic) bond motifs is 2. The van der Waals surface area contributed by atoms with E-state index < -0.39 is 6.04 Å². The van der Waals surface area contributed by atoms with Crippen LogP contribution in [0.2, 0.25) is 0 Å². The molecule has 1 saturated carbocycles. The molecule has 170 valence electrons. The molecule has 1 fully saturated rings.